The minimum absolute atomic E-state index is 0. The molecule has 2 rings (SSSR count). The molecule has 4 nitrogen and oxygen atoms in total. The van der Waals surface area contributed by atoms with Crippen LogP contribution < -0.4 is 10.6 Å². The van der Waals surface area contributed by atoms with E-state index in [9.17, 15) is 4.79 Å². The number of carbonyl (C=O) groups excluding carboxylic acids is 1. The molecule has 0 aliphatic carbocycles. The van der Waals surface area contributed by atoms with Gasteiger partial charge in [-0.15, -0.1) is 12.4 Å². The number of aryl methyl sites for hydroxylation is 1. The first kappa shape index (κ1) is 15.3. The van der Waals surface area contributed by atoms with Gasteiger partial charge in [-0.25, -0.2) is 0 Å². The third-order valence-corrected chi connectivity index (χ3v) is 3.49. The zero-order valence-electron chi connectivity index (χ0n) is 10.6. The maximum Gasteiger partial charge on any atom is 0.268 e. The summed E-state index contributed by atoms with van der Waals surface area (Å²) in [5, 5.41) is 7.01. The molecule has 2 heterocycles. The van der Waals surface area contributed by atoms with Crippen LogP contribution in [-0.4, -0.2) is 29.1 Å². The lowest BCUT2D eigenvalue weighted by Crippen LogP contribution is -2.52. The van der Waals surface area contributed by atoms with E-state index < -0.39 is 0 Å². The largest absolute Gasteiger partial charge is 0.346 e. The lowest BCUT2D eigenvalue weighted by molar-refractivity contribution is 0.0911. The number of aromatic nitrogens is 1. The van der Waals surface area contributed by atoms with Crippen molar-refractivity contribution in [2.24, 2.45) is 7.05 Å². The van der Waals surface area contributed by atoms with E-state index >= 15 is 0 Å². The highest BCUT2D eigenvalue weighted by molar-refractivity contribution is 6.31. The number of rotatable bonds is 2. The van der Waals surface area contributed by atoms with Gasteiger partial charge >= 0.3 is 0 Å². The predicted octanol–water partition coefficient (Wildman–Crippen LogP) is 1.97. The standard InChI is InChI=1S/C12H18ClN3O.ClH/c1-8-10(4-3-5-14-8)15-12(17)11-6-9(13)7-16(11)2;/h6-8,10,14H,3-5H2,1-2H3,(H,15,17);1H. The minimum Gasteiger partial charge on any atom is -0.346 e. The fourth-order valence-corrected chi connectivity index (χ4v) is 2.48. The van der Waals surface area contributed by atoms with Crippen LogP contribution >= 0.6 is 24.0 Å². The average Bonchev–Trinajstić information content (AvgIpc) is 2.61. The molecule has 18 heavy (non-hydrogen) atoms. The van der Waals surface area contributed by atoms with Crippen molar-refractivity contribution in [2.45, 2.75) is 31.8 Å². The van der Waals surface area contributed by atoms with Gasteiger partial charge in [-0.05, 0) is 32.4 Å². The fraction of sp³-hybridized carbons (Fsp3) is 0.583. The Bertz CT molecular complexity index is 419. The molecular formula is C12H19Cl2N3O. The minimum atomic E-state index is -0.0556. The molecule has 6 heteroatoms. The summed E-state index contributed by atoms with van der Waals surface area (Å²) in [5.41, 5.74) is 0.604. The van der Waals surface area contributed by atoms with E-state index in [4.69, 9.17) is 11.6 Å². The third kappa shape index (κ3) is 3.40. The molecule has 0 saturated carbocycles. The summed E-state index contributed by atoms with van der Waals surface area (Å²) in [5.74, 6) is -0.0556. The first-order valence-corrected chi connectivity index (χ1v) is 6.32. The molecule has 1 aromatic heterocycles. The van der Waals surface area contributed by atoms with Gasteiger partial charge in [-0.2, -0.15) is 0 Å². The molecule has 1 saturated heterocycles. The van der Waals surface area contributed by atoms with Gasteiger partial charge in [0.1, 0.15) is 5.69 Å². The third-order valence-electron chi connectivity index (χ3n) is 3.28. The predicted molar refractivity (Wildman–Crippen MR) is 75.6 cm³/mol. The topological polar surface area (TPSA) is 46.1 Å². The Kier molecular flexibility index (Phi) is 5.50. The van der Waals surface area contributed by atoms with E-state index in [1.807, 2.05) is 7.05 Å². The molecule has 0 spiro atoms. The van der Waals surface area contributed by atoms with Gasteiger partial charge in [0, 0.05) is 25.3 Å². The molecule has 1 aromatic rings. The second kappa shape index (κ2) is 6.45. The van der Waals surface area contributed by atoms with Gasteiger partial charge < -0.3 is 15.2 Å². The molecule has 1 fully saturated rings. The summed E-state index contributed by atoms with van der Waals surface area (Å²) in [4.78, 5) is 12.1. The van der Waals surface area contributed by atoms with E-state index in [-0.39, 0.29) is 24.4 Å². The van der Waals surface area contributed by atoms with Crippen molar-refractivity contribution >= 4 is 29.9 Å². The second-order valence-electron chi connectivity index (χ2n) is 4.62. The molecule has 1 aliphatic rings. The molecular weight excluding hydrogens is 273 g/mol. The van der Waals surface area contributed by atoms with Crippen molar-refractivity contribution in [1.29, 1.82) is 0 Å². The van der Waals surface area contributed by atoms with Gasteiger partial charge in [0.25, 0.3) is 5.91 Å². The molecule has 0 bridgehead atoms. The average molecular weight is 292 g/mol. The van der Waals surface area contributed by atoms with Gasteiger partial charge in [0.2, 0.25) is 0 Å². The van der Waals surface area contributed by atoms with E-state index in [1.165, 1.54) is 0 Å². The number of amides is 1. The zero-order valence-corrected chi connectivity index (χ0v) is 12.1. The highest BCUT2D eigenvalue weighted by atomic mass is 35.5. The van der Waals surface area contributed by atoms with Gasteiger partial charge in [0.05, 0.1) is 5.02 Å². The first-order chi connectivity index (χ1) is 8.08. The second-order valence-corrected chi connectivity index (χ2v) is 5.06. The van der Waals surface area contributed by atoms with Crippen LogP contribution in [0.15, 0.2) is 12.3 Å². The first-order valence-electron chi connectivity index (χ1n) is 5.94. The Morgan fingerprint density at radius 3 is 2.89 bits per heavy atom. The summed E-state index contributed by atoms with van der Waals surface area (Å²) in [6.07, 6.45) is 3.86. The summed E-state index contributed by atoms with van der Waals surface area (Å²) < 4.78 is 1.75. The normalized spacial score (nSPS) is 23.3. The Hall–Kier alpha value is -0.710. The molecule has 2 atom stereocenters. The van der Waals surface area contributed by atoms with Crippen molar-refractivity contribution in [1.82, 2.24) is 15.2 Å². The smallest absolute Gasteiger partial charge is 0.268 e. The SMILES string of the molecule is CC1NCCCC1NC(=O)c1cc(Cl)cn1C.Cl. The molecule has 2 unspecified atom stereocenters. The molecule has 0 aromatic carbocycles. The Morgan fingerprint density at radius 1 is 1.61 bits per heavy atom. The summed E-state index contributed by atoms with van der Waals surface area (Å²) in [6, 6.07) is 2.21. The van der Waals surface area contributed by atoms with Crippen molar-refractivity contribution in [3.63, 3.8) is 0 Å². The van der Waals surface area contributed by atoms with Crippen molar-refractivity contribution in [2.75, 3.05) is 6.54 Å². The van der Waals surface area contributed by atoms with Crippen LogP contribution in [-0.2, 0) is 7.05 Å². The Morgan fingerprint density at radius 2 is 2.33 bits per heavy atom. The number of carbonyl (C=O) groups is 1. The maximum atomic E-state index is 12.1. The monoisotopic (exact) mass is 291 g/mol. The van der Waals surface area contributed by atoms with Gasteiger partial charge in [0.15, 0.2) is 0 Å². The van der Waals surface area contributed by atoms with Crippen LogP contribution in [0.1, 0.15) is 30.3 Å². The van der Waals surface area contributed by atoms with E-state index in [0.29, 0.717) is 16.8 Å². The lowest BCUT2D eigenvalue weighted by atomic mass is 10.00. The maximum absolute atomic E-state index is 12.1. The number of piperidine rings is 1. The number of halogens is 2. The van der Waals surface area contributed by atoms with E-state index in [1.54, 1.807) is 16.8 Å². The lowest BCUT2D eigenvalue weighted by Gasteiger charge is -2.30. The van der Waals surface area contributed by atoms with E-state index in [0.717, 1.165) is 19.4 Å². The fourth-order valence-electron chi connectivity index (χ4n) is 2.23. The van der Waals surface area contributed by atoms with Crippen LogP contribution in [0.4, 0.5) is 0 Å². The number of nitrogens with one attached hydrogen (secondary N) is 2. The van der Waals surface area contributed by atoms with Crippen molar-refractivity contribution in [3.8, 4) is 0 Å². The summed E-state index contributed by atoms with van der Waals surface area (Å²) in [6.45, 7) is 3.13. The quantitative estimate of drug-likeness (QED) is 0.875. The van der Waals surface area contributed by atoms with E-state index in [2.05, 4.69) is 17.6 Å². The van der Waals surface area contributed by atoms with Gasteiger partial charge in [-0.3, -0.25) is 4.79 Å². The zero-order chi connectivity index (χ0) is 12.4. The molecule has 2 N–H and O–H groups in total. The van der Waals surface area contributed by atoms with Crippen LogP contribution in [0.25, 0.3) is 0 Å². The van der Waals surface area contributed by atoms with Crippen molar-refractivity contribution in [3.05, 3.63) is 23.0 Å². The van der Waals surface area contributed by atoms with Gasteiger partial charge in [-0.1, -0.05) is 11.6 Å². The van der Waals surface area contributed by atoms with Crippen LogP contribution in [0.3, 0.4) is 0 Å². The summed E-state index contributed by atoms with van der Waals surface area (Å²) >= 11 is 5.87. The van der Waals surface area contributed by atoms with Crippen LogP contribution in [0.2, 0.25) is 5.02 Å². The van der Waals surface area contributed by atoms with Crippen LogP contribution in [0, 0.1) is 0 Å². The molecule has 1 amide bonds. The van der Waals surface area contributed by atoms with Crippen molar-refractivity contribution < 1.29 is 4.79 Å². The number of hydrogen-bond acceptors (Lipinski definition) is 2. The summed E-state index contributed by atoms with van der Waals surface area (Å²) in [7, 11) is 1.82. The Labute approximate surface area is 118 Å². The molecule has 102 valence electrons. The molecule has 0 radical (unpaired) electrons. The highest BCUT2D eigenvalue weighted by Gasteiger charge is 2.23. The number of nitrogens with zero attached hydrogens (tertiary/aromatic N) is 1. The molecule has 1 aliphatic heterocycles. The highest BCUT2D eigenvalue weighted by Crippen LogP contribution is 2.14. The van der Waals surface area contributed by atoms with Crippen LogP contribution in [0.5, 0.6) is 0 Å². The number of hydrogen-bond donors (Lipinski definition) is 2. The Balaban J connectivity index is 0.00000162.